The van der Waals surface area contributed by atoms with E-state index in [9.17, 15) is 0 Å². The summed E-state index contributed by atoms with van der Waals surface area (Å²) in [5.74, 6) is 1.51. The van der Waals surface area contributed by atoms with E-state index < -0.39 is 0 Å². The van der Waals surface area contributed by atoms with Crippen molar-refractivity contribution in [1.29, 1.82) is 0 Å². The molecule has 0 saturated carbocycles. The molecule has 0 N–H and O–H groups in total. The van der Waals surface area contributed by atoms with Crippen molar-refractivity contribution in [2.75, 3.05) is 0 Å². The number of aromatic nitrogens is 2. The number of hydrogen-bond donors (Lipinski definition) is 0. The Balaban J connectivity index is 1.75. The molecule has 0 unspecified atom stereocenters. The number of benzene rings is 3. The molecule has 0 spiro atoms. The molecular weight excluding hydrogens is 372 g/mol. The van der Waals surface area contributed by atoms with E-state index in [1.54, 1.807) is 0 Å². The molecule has 0 atom stereocenters. The predicted octanol–water partition coefficient (Wildman–Crippen LogP) is 7.30. The molecule has 3 aromatic carbocycles. The highest BCUT2D eigenvalue weighted by Gasteiger charge is 2.20. The minimum Gasteiger partial charge on any atom is -0.331 e. The maximum atomic E-state index is 4.83. The monoisotopic (exact) mass is 394 g/mol. The number of rotatable bonds is 2. The molecule has 1 aliphatic carbocycles. The van der Waals surface area contributed by atoms with Gasteiger partial charge in [0.15, 0.2) is 0 Å². The lowest BCUT2D eigenvalue weighted by Gasteiger charge is -2.14. The highest BCUT2D eigenvalue weighted by atomic mass is 32.1. The highest BCUT2D eigenvalue weighted by molar-refractivity contribution is 7.26. The first kappa shape index (κ1) is 17.0. The SMILES string of the molecule is CC(C)c1cnc(-c2cccc3sc4c5c6c(cccc6cc4c23)CC=C5)n1C. The van der Waals surface area contributed by atoms with Gasteiger partial charge in [0.2, 0.25) is 0 Å². The zero-order chi connectivity index (χ0) is 19.7. The van der Waals surface area contributed by atoms with Crippen molar-refractivity contribution in [3.8, 4) is 11.4 Å². The summed E-state index contributed by atoms with van der Waals surface area (Å²) in [4.78, 5) is 4.83. The van der Waals surface area contributed by atoms with Crippen LogP contribution in [0.2, 0.25) is 0 Å². The fourth-order valence-electron chi connectivity index (χ4n) is 4.88. The van der Waals surface area contributed by atoms with Crippen LogP contribution in [0.3, 0.4) is 0 Å². The van der Waals surface area contributed by atoms with Crippen LogP contribution in [0, 0.1) is 0 Å². The van der Waals surface area contributed by atoms with Crippen LogP contribution in [-0.2, 0) is 13.5 Å². The summed E-state index contributed by atoms with van der Waals surface area (Å²) < 4.78 is 4.98. The molecule has 5 aromatic rings. The van der Waals surface area contributed by atoms with Crippen molar-refractivity contribution in [1.82, 2.24) is 9.55 Å². The first-order chi connectivity index (χ1) is 14.1. The zero-order valence-electron chi connectivity index (χ0n) is 16.9. The van der Waals surface area contributed by atoms with Gasteiger partial charge in [-0.1, -0.05) is 56.3 Å². The summed E-state index contributed by atoms with van der Waals surface area (Å²) >= 11 is 1.91. The summed E-state index contributed by atoms with van der Waals surface area (Å²) in [6.07, 6.45) is 7.68. The van der Waals surface area contributed by atoms with Gasteiger partial charge in [0.05, 0.1) is 0 Å². The van der Waals surface area contributed by atoms with E-state index in [0.29, 0.717) is 5.92 Å². The molecule has 2 nitrogen and oxygen atoms in total. The third kappa shape index (κ3) is 2.31. The second-order valence-electron chi connectivity index (χ2n) is 8.29. The van der Waals surface area contributed by atoms with Crippen molar-refractivity contribution in [3.63, 3.8) is 0 Å². The molecule has 2 aromatic heterocycles. The van der Waals surface area contributed by atoms with Gasteiger partial charge < -0.3 is 4.57 Å². The Kier molecular flexibility index (Phi) is 3.54. The largest absolute Gasteiger partial charge is 0.331 e. The lowest BCUT2D eigenvalue weighted by Crippen LogP contribution is -2.00. The van der Waals surface area contributed by atoms with E-state index in [2.05, 4.69) is 80.1 Å². The first-order valence-corrected chi connectivity index (χ1v) is 11.0. The van der Waals surface area contributed by atoms with Gasteiger partial charge in [-0.25, -0.2) is 4.98 Å². The molecule has 0 bridgehead atoms. The predicted molar refractivity (Wildman–Crippen MR) is 126 cm³/mol. The van der Waals surface area contributed by atoms with Gasteiger partial charge in [-0.05, 0) is 40.8 Å². The molecule has 142 valence electrons. The minimum absolute atomic E-state index is 0.455. The topological polar surface area (TPSA) is 17.8 Å². The van der Waals surface area contributed by atoms with Crippen LogP contribution in [0.25, 0.3) is 48.4 Å². The summed E-state index contributed by atoms with van der Waals surface area (Å²) in [6, 6.07) is 15.7. The summed E-state index contributed by atoms with van der Waals surface area (Å²) in [7, 11) is 2.14. The second-order valence-corrected chi connectivity index (χ2v) is 9.34. The molecule has 6 rings (SSSR count). The van der Waals surface area contributed by atoms with E-state index in [-0.39, 0.29) is 0 Å². The van der Waals surface area contributed by atoms with Gasteiger partial charge in [0.1, 0.15) is 5.82 Å². The highest BCUT2D eigenvalue weighted by Crippen LogP contribution is 2.45. The van der Waals surface area contributed by atoms with E-state index >= 15 is 0 Å². The maximum absolute atomic E-state index is 4.83. The van der Waals surface area contributed by atoms with Crippen LogP contribution >= 0.6 is 11.3 Å². The first-order valence-electron chi connectivity index (χ1n) is 10.2. The zero-order valence-corrected chi connectivity index (χ0v) is 17.7. The molecule has 2 heterocycles. The quantitative estimate of drug-likeness (QED) is 0.307. The fourth-order valence-corrected chi connectivity index (χ4v) is 6.12. The Morgan fingerprint density at radius 2 is 1.93 bits per heavy atom. The number of fused-ring (bicyclic) bond motifs is 4. The molecule has 3 heteroatoms. The fraction of sp³-hybridized carbons (Fsp3) is 0.192. The molecule has 0 aliphatic heterocycles. The number of nitrogens with zero attached hydrogens (tertiary/aromatic N) is 2. The van der Waals surface area contributed by atoms with Gasteiger partial charge in [0, 0.05) is 50.2 Å². The maximum Gasteiger partial charge on any atom is 0.140 e. The molecule has 1 aliphatic rings. The minimum atomic E-state index is 0.455. The molecule has 29 heavy (non-hydrogen) atoms. The van der Waals surface area contributed by atoms with Crippen molar-refractivity contribution in [3.05, 3.63) is 71.6 Å². The normalized spacial score (nSPS) is 13.4. The Morgan fingerprint density at radius 3 is 2.76 bits per heavy atom. The van der Waals surface area contributed by atoms with Gasteiger partial charge in [-0.15, -0.1) is 11.3 Å². The standard InChI is InChI=1S/C26H22N2S/c1-15(2)21-14-27-26(28(21)3)19-11-6-12-22-24(19)20-13-17-9-4-7-16-8-5-10-18(23(16)17)25(20)29-22/h4-7,9-15H,8H2,1-3H3. The lowest BCUT2D eigenvalue weighted by atomic mass is 9.91. The van der Waals surface area contributed by atoms with Crippen LogP contribution in [0.5, 0.6) is 0 Å². The number of hydrogen-bond acceptors (Lipinski definition) is 2. The molecule has 0 amide bonds. The van der Waals surface area contributed by atoms with Gasteiger partial charge in [-0.2, -0.15) is 0 Å². The van der Waals surface area contributed by atoms with Crippen LogP contribution in [-0.4, -0.2) is 9.55 Å². The number of allylic oxidation sites excluding steroid dienone is 1. The van der Waals surface area contributed by atoms with Crippen LogP contribution in [0.4, 0.5) is 0 Å². The Bertz CT molecular complexity index is 1460. The van der Waals surface area contributed by atoms with Crippen molar-refractivity contribution >= 4 is 48.4 Å². The molecule has 0 saturated heterocycles. The summed E-state index contributed by atoms with van der Waals surface area (Å²) in [6.45, 7) is 4.45. The van der Waals surface area contributed by atoms with Gasteiger partial charge >= 0.3 is 0 Å². The van der Waals surface area contributed by atoms with Crippen molar-refractivity contribution in [2.24, 2.45) is 7.05 Å². The molecular formula is C26H22N2S. The van der Waals surface area contributed by atoms with Gasteiger partial charge in [0.25, 0.3) is 0 Å². The van der Waals surface area contributed by atoms with E-state index in [4.69, 9.17) is 4.98 Å². The van der Waals surface area contributed by atoms with Crippen LogP contribution < -0.4 is 0 Å². The Labute approximate surface area is 174 Å². The van der Waals surface area contributed by atoms with Crippen molar-refractivity contribution in [2.45, 2.75) is 26.2 Å². The van der Waals surface area contributed by atoms with Gasteiger partial charge in [-0.3, -0.25) is 0 Å². The van der Waals surface area contributed by atoms with Crippen LogP contribution in [0.1, 0.15) is 36.6 Å². The Morgan fingerprint density at radius 1 is 1.07 bits per heavy atom. The third-order valence-electron chi connectivity index (χ3n) is 6.23. The smallest absolute Gasteiger partial charge is 0.140 e. The molecule has 0 radical (unpaired) electrons. The van der Waals surface area contributed by atoms with Crippen molar-refractivity contribution < 1.29 is 0 Å². The third-order valence-corrected chi connectivity index (χ3v) is 7.43. The van der Waals surface area contributed by atoms with E-state index in [1.807, 2.05) is 17.5 Å². The molecule has 0 fully saturated rings. The summed E-state index contributed by atoms with van der Waals surface area (Å²) in [5.41, 5.74) is 5.31. The lowest BCUT2D eigenvalue weighted by molar-refractivity contribution is 0.745. The van der Waals surface area contributed by atoms with E-state index in [1.165, 1.54) is 53.3 Å². The Hall–Kier alpha value is -2.91. The summed E-state index contributed by atoms with van der Waals surface area (Å²) in [5, 5.41) is 5.45. The van der Waals surface area contributed by atoms with E-state index in [0.717, 1.165) is 12.2 Å². The average Bonchev–Trinajstić information content (AvgIpc) is 3.29. The average molecular weight is 395 g/mol. The number of thiophene rings is 1. The second kappa shape index (κ2) is 6.04. The number of imidazole rings is 1. The van der Waals surface area contributed by atoms with Crippen LogP contribution in [0.15, 0.2) is 54.7 Å².